The quantitative estimate of drug-likeness (QED) is 0.322. The molecule has 0 aromatic heterocycles. The van der Waals surface area contributed by atoms with Crippen molar-refractivity contribution in [1.82, 2.24) is 10.6 Å². The Morgan fingerprint density at radius 1 is 0.545 bits per heavy atom. The number of rotatable bonds is 19. The minimum Gasteiger partial charge on any atom is -0.383 e. The van der Waals surface area contributed by atoms with Crippen molar-refractivity contribution >= 4 is 0 Å². The molecule has 22 heavy (non-hydrogen) atoms. The Morgan fingerprint density at radius 3 is 1.41 bits per heavy atom. The van der Waals surface area contributed by atoms with E-state index in [-0.39, 0.29) is 0 Å². The Hall–Kier alpha value is -0.280. The highest BCUT2D eigenvalue weighted by Gasteiger charge is 1.93. The van der Waals surface area contributed by atoms with Crippen molar-refractivity contribution in [3.63, 3.8) is 0 Å². The molecule has 0 aliphatic heterocycles. The topological polar surface area (TPSA) is 70.2 Å². The van der Waals surface area contributed by atoms with Crippen molar-refractivity contribution in [2.45, 2.75) is 6.92 Å². The van der Waals surface area contributed by atoms with Crippen molar-refractivity contribution < 1.29 is 23.7 Å². The minimum atomic E-state index is 0.605. The Kier molecular flexibility index (Phi) is 20.5. The molecule has 0 aromatic carbocycles. The van der Waals surface area contributed by atoms with Crippen LogP contribution in [-0.4, -0.2) is 92.8 Å². The third-order valence-electron chi connectivity index (χ3n) is 2.70. The van der Waals surface area contributed by atoms with Crippen LogP contribution >= 0.6 is 0 Å². The van der Waals surface area contributed by atoms with Gasteiger partial charge in [-0.25, -0.2) is 0 Å². The summed E-state index contributed by atoms with van der Waals surface area (Å²) in [7, 11) is 1.69. The summed E-state index contributed by atoms with van der Waals surface area (Å²) in [5.41, 5.74) is 0. The molecule has 0 spiro atoms. The second-order valence-electron chi connectivity index (χ2n) is 4.53. The summed E-state index contributed by atoms with van der Waals surface area (Å²) in [4.78, 5) is 0. The molecule has 0 unspecified atom stereocenters. The van der Waals surface area contributed by atoms with Gasteiger partial charge in [0.2, 0.25) is 0 Å². The van der Waals surface area contributed by atoms with Gasteiger partial charge in [0.25, 0.3) is 0 Å². The highest BCUT2D eigenvalue weighted by atomic mass is 16.5. The average molecular weight is 322 g/mol. The minimum absolute atomic E-state index is 0.605. The molecule has 0 atom stereocenters. The van der Waals surface area contributed by atoms with Crippen molar-refractivity contribution in [2.24, 2.45) is 0 Å². The van der Waals surface area contributed by atoms with E-state index in [1.165, 1.54) is 0 Å². The predicted octanol–water partition coefficient (Wildman–Crippen LogP) is -0.102. The van der Waals surface area contributed by atoms with E-state index in [0.29, 0.717) is 39.6 Å². The van der Waals surface area contributed by atoms with E-state index in [1.807, 2.05) is 6.92 Å². The van der Waals surface area contributed by atoms with Crippen molar-refractivity contribution in [2.75, 3.05) is 92.8 Å². The zero-order valence-corrected chi connectivity index (χ0v) is 14.2. The monoisotopic (exact) mass is 322 g/mol. The fourth-order valence-electron chi connectivity index (χ4n) is 1.54. The van der Waals surface area contributed by atoms with Crippen LogP contribution in [0.15, 0.2) is 0 Å². The summed E-state index contributed by atoms with van der Waals surface area (Å²) >= 11 is 0. The molecule has 0 amide bonds. The third kappa shape index (κ3) is 19.7. The zero-order valence-electron chi connectivity index (χ0n) is 14.2. The number of ether oxygens (including phenoxy) is 5. The summed E-state index contributed by atoms with van der Waals surface area (Å²) in [6.07, 6.45) is 0. The maximum Gasteiger partial charge on any atom is 0.0701 e. The van der Waals surface area contributed by atoms with Gasteiger partial charge in [-0.1, -0.05) is 0 Å². The van der Waals surface area contributed by atoms with Crippen LogP contribution in [0.3, 0.4) is 0 Å². The van der Waals surface area contributed by atoms with Gasteiger partial charge in [-0.2, -0.15) is 0 Å². The summed E-state index contributed by atoms with van der Waals surface area (Å²) in [5.74, 6) is 0. The van der Waals surface area contributed by atoms with E-state index < -0.39 is 0 Å². The average Bonchev–Trinajstić information content (AvgIpc) is 2.54. The van der Waals surface area contributed by atoms with Crippen LogP contribution < -0.4 is 10.6 Å². The third-order valence-corrected chi connectivity index (χ3v) is 2.70. The SMILES string of the molecule is CCOCCNCCOCCOCCOCCNCCOC. The van der Waals surface area contributed by atoms with Gasteiger partial charge in [0, 0.05) is 39.9 Å². The van der Waals surface area contributed by atoms with E-state index >= 15 is 0 Å². The van der Waals surface area contributed by atoms with Gasteiger partial charge in [0.1, 0.15) is 0 Å². The van der Waals surface area contributed by atoms with E-state index in [2.05, 4.69) is 10.6 Å². The molecular formula is C15H34N2O5. The maximum atomic E-state index is 5.43. The predicted molar refractivity (Wildman–Crippen MR) is 86.6 cm³/mol. The molecule has 0 aliphatic carbocycles. The van der Waals surface area contributed by atoms with Gasteiger partial charge in [0.05, 0.1) is 52.9 Å². The smallest absolute Gasteiger partial charge is 0.0701 e. The summed E-state index contributed by atoms with van der Waals surface area (Å²) in [6.45, 7) is 11.5. The van der Waals surface area contributed by atoms with Gasteiger partial charge < -0.3 is 34.3 Å². The van der Waals surface area contributed by atoms with Crippen LogP contribution in [0.5, 0.6) is 0 Å². The fraction of sp³-hybridized carbons (Fsp3) is 1.00. The lowest BCUT2D eigenvalue weighted by Crippen LogP contribution is -2.25. The lowest BCUT2D eigenvalue weighted by Gasteiger charge is -2.08. The summed E-state index contributed by atoms with van der Waals surface area (Å²) in [5, 5.41) is 6.45. The Bertz CT molecular complexity index is 179. The fourth-order valence-corrected chi connectivity index (χ4v) is 1.54. The first-order valence-electron chi connectivity index (χ1n) is 8.13. The first kappa shape index (κ1) is 21.7. The van der Waals surface area contributed by atoms with E-state index in [1.54, 1.807) is 7.11 Å². The van der Waals surface area contributed by atoms with Gasteiger partial charge in [-0.15, -0.1) is 0 Å². The van der Waals surface area contributed by atoms with E-state index in [0.717, 1.165) is 46.0 Å². The maximum absolute atomic E-state index is 5.43. The molecule has 7 heteroatoms. The molecule has 0 radical (unpaired) electrons. The first-order chi connectivity index (χ1) is 10.9. The molecule has 0 rings (SSSR count). The normalized spacial score (nSPS) is 11.2. The molecule has 0 bridgehead atoms. The van der Waals surface area contributed by atoms with Gasteiger partial charge in [-0.05, 0) is 6.92 Å². The molecule has 0 fully saturated rings. The van der Waals surface area contributed by atoms with Crippen molar-refractivity contribution in [1.29, 1.82) is 0 Å². The number of hydrogen-bond donors (Lipinski definition) is 2. The standard InChI is InChI=1S/C15H34N2O5/c1-3-19-9-5-17-7-11-21-13-15-22-14-12-20-10-6-16-4-8-18-2/h16-17H,3-15H2,1-2H3. The zero-order chi connectivity index (χ0) is 16.1. The lowest BCUT2D eigenvalue weighted by atomic mass is 10.6. The molecule has 134 valence electrons. The Balaban J connectivity index is 2.91. The van der Waals surface area contributed by atoms with E-state index in [4.69, 9.17) is 23.7 Å². The Morgan fingerprint density at radius 2 is 0.955 bits per heavy atom. The van der Waals surface area contributed by atoms with Crippen molar-refractivity contribution in [3.8, 4) is 0 Å². The highest BCUT2D eigenvalue weighted by molar-refractivity contribution is 4.45. The molecule has 0 heterocycles. The second kappa shape index (κ2) is 20.7. The van der Waals surface area contributed by atoms with E-state index in [9.17, 15) is 0 Å². The first-order valence-corrected chi connectivity index (χ1v) is 8.13. The largest absolute Gasteiger partial charge is 0.383 e. The van der Waals surface area contributed by atoms with Gasteiger partial charge in [-0.3, -0.25) is 0 Å². The molecule has 7 nitrogen and oxygen atoms in total. The molecule has 0 saturated carbocycles. The van der Waals surface area contributed by atoms with Crippen molar-refractivity contribution in [3.05, 3.63) is 0 Å². The summed E-state index contributed by atoms with van der Waals surface area (Å²) < 4.78 is 26.4. The lowest BCUT2D eigenvalue weighted by molar-refractivity contribution is 0.0154. The molecule has 0 aromatic rings. The summed E-state index contributed by atoms with van der Waals surface area (Å²) in [6, 6.07) is 0. The number of nitrogens with one attached hydrogen (secondary N) is 2. The molecule has 0 saturated heterocycles. The van der Waals surface area contributed by atoms with Crippen LogP contribution in [0.1, 0.15) is 6.92 Å². The van der Waals surface area contributed by atoms with Crippen LogP contribution in [-0.2, 0) is 23.7 Å². The van der Waals surface area contributed by atoms with Gasteiger partial charge in [0.15, 0.2) is 0 Å². The molecule has 2 N–H and O–H groups in total. The van der Waals surface area contributed by atoms with Crippen LogP contribution in [0, 0.1) is 0 Å². The number of methoxy groups -OCH3 is 1. The van der Waals surface area contributed by atoms with Crippen LogP contribution in [0.2, 0.25) is 0 Å². The highest BCUT2D eigenvalue weighted by Crippen LogP contribution is 1.81. The Labute approximate surface area is 135 Å². The van der Waals surface area contributed by atoms with Gasteiger partial charge >= 0.3 is 0 Å². The molecule has 0 aliphatic rings. The van der Waals surface area contributed by atoms with Crippen LogP contribution in [0.4, 0.5) is 0 Å². The molecular weight excluding hydrogens is 288 g/mol. The number of hydrogen-bond acceptors (Lipinski definition) is 7. The van der Waals surface area contributed by atoms with Crippen LogP contribution in [0.25, 0.3) is 0 Å². The second-order valence-corrected chi connectivity index (χ2v) is 4.53.